The van der Waals surface area contributed by atoms with E-state index in [0.29, 0.717) is 18.6 Å². The van der Waals surface area contributed by atoms with Crippen molar-refractivity contribution >= 4 is 0 Å². The van der Waals surface area contributed by atoms with Crippen molar-refractivity contribution in [3.05, 3.63) is 0 Å². The number of hydrogen-bond donors (Lipinski definition) is 1. The first-order valence-electron chi connectivity index (χ1n) is 4.56. The number of hydrogen-bond acceptors (Lipinski definition) is 2. The molecule has 1 aliphatic rings. The van der Waals surface area contributed by atoms with E-state index in [1.54, 1.807) is 0 Å². The maximum absolute atomic E-state index is 5.60. The van der Waals surface area contributed by atoms with Gasteiger partial charge in [0.1, 0.15) is 6.61 Å². The van der Waals surface area contributed by atoms with Gasteiger partial charge in [0, 0.05) is 6.54 Å². The highest BCUT2D eigenvalue weighted by molar-refractivity contribution is 4.95. The summed E-state index contributed by atoms with van der Waals surface area (Å²) in [5.41, 5.74) is 0. The van der Waals surface area contributed by atoms with Crippen LogP contribution in [0.1, 0.15) is 20.3 Å². The summed E-state index contributed by atoms with van der Waals surface area (Å²) in [5, 5.41) is 3.32. The maximum Gasteiger partial charge on any atom is 0.108 e. The van der Waals surface area contributed by atoms with E-state index in [9.17, 15) is 0 Å². The summed E-state index contributed by atoms with van der Waals surface area (Å²) in [6, 6.07) is 0. The second-order valence-electron chi connectivity index (χ2n) is 3.25. The molecule has 0 saturated carbocycles. The third kappa shape index (κ3) is 2.84. The molecule has 0 aromatic rings. The van der Waals surface area contributed by atoms with Crippen LogP contribution in [0.25, 0.3) is 0 Å². The molecule has 2 atom stereocenters. The van der Waals surface area contributed by atoms with Crippen molar-refractivity contribution in [3.63, 3.8) is 0 Å². The van der Waals surface area contributed by atoms with Crippen molar-refractivity contribution < 1.29 is 4.74 Å². The lowest BCUT2D eigenvalue weighted by Gasteiger charge is -2.28. The molecule has 0 amide bonds. The van der Waals surface area contributed by atoms with E-state index in [2.05, 4.69) is 24.1 Å². The first-order valence-corrected chi connectivity index (χ1v) is 4.56. The second kappa shape index (κ2) is 5.18. The number of ether oxygens (including phenoxy) is 1. The molecule has 0 aromatic carbocycles. The molecule has 1 fully saturated rings. The average molecular weight is 167 g/mol. The summed E-state index contributed by atoms with van der Waals surface area (Å²) in [4.78, 5) is 0. The zero-order valence-electron chi connectivity index (χ0n) is 7.89. The van der Waals surface area contributed by atoms with Gasteiger partial charge >= 0.3 is 0 Å². The standard InChI is InChI=1S/C10H17NO/c1-3-4-7-12-10-8-11-6-5-9(10)2/h9-11H,5-8H2,1-2H3. The van der Waals surface area contributed by atoms with Gasteiger partial charge in [-0.3, -0.25) is 0 Å². The van der Waals surface area contributed by atoms with Crippen LogP contribution in [0.3, 0.4) is 0 Å². The second-order valence-corrected chi connectivity index (χ2v) is 3.25. The Bertz CT molecular complexity index is 180. The first-order chi connectivity index (χ1) is 5.84. The van der Waals surface area contributed by atoms with Gasteiger partial charge in [0.25, 0.3) is 0 Å². The fraction of sp³-hybridized carbons (Fsp3) is 0.800. The first kappa shape index (κ1) is 9.57. The van der Waals surface area contributed by atoms with Gasteiger partial charge in [-0.05, 0) is 25.8 Å². The summed E-state index contributed by atoms with van der Waals surface area (Å²) < 4.78 is 5.60. The molecule has 1 heterocycles. The number of rotatable bonds is 2. The van der Waals surface area contributed by atoms with Gasteiger partial charge in [-0.25, -0.2) is 0 Å². The SMILES string of the molecule is CC#CCOC1CNCCC1C. The van der Waals surface area contributed by atoms with E-state index >= 15 is 0 Å². The normalized spacial score (nSPS) is 29.2. The van der Waals surface area contributed by atoms with Crippen LogP contribution in [-0.4, -0.2) is 25.8 Å². The highest BCUT2D eigenvalue weighted by Crippen LogP contribution is 2.13. The fourth-order valence-electron chi connectivity index (χ4n) is 1.41. The lowest BCUT2D eigenvalue weighted by molar-refractivity contribution is 0.0226. The van der Waals surface area contributed by atoms with Crippen LogP contribution in [0.2, 0.25) is 0 Å². The van der Waals surface area contributed by atoms with Crippen LogP contribution in [0.15, 0.2) is 0 Å². The molecule has 2 nitrogen and oxygen atoms in total. The molecule has 2 unspecified atom stereocenters. The van der Waals surface area contributed by atoms with Gasteiger partial charge in [0.15, 0.2) is 0 Å². The predicted octanol–water partition coefficient (Wildman–Crippen LogP) is 1.02. The van der Waals surface area contributed by atoms with Gasteiger partial charge in [0.05, 0.1) is 6.10 Å². The van der Waals surface area contributed by atoms with E-state index in [-0.39, 0.29) is 0 Å². The maximum atomic E-state index is 5.60. The Morgan fingerprint density at radius 3 is 3.08 bits per heavy atom. The third-order valence-corrected chi connectivity index (χ3v) is 2.30. The minimum absolute atomic E-state index is 0.361. The molecule has 12 heavy (non-hydrogen) atoms. The Morgan fingerprint density at radius 2 is 2.42 bits per heavy atom. The minimum Gasteiger partial charge on any atom is -0.364 e. The Balaban J connectivity index is 2.23. The quantitative estimate of drug-likeness (QED) is 0.620. The number of nitrogens with one attached hydrogen (secondary N) is 1. The lowest BCUT2D eigenvalue weighted by Crippen LogP contribution is -2.41. The molecule has 0 aromatic heterocycles. The largest absolute Gasteiger partial charge is 0.364 e. The molecule has 1 saturated heterocycles. The average Bonchev–Trinajstić information content (AvgIpc) is 2.09. The van der Waals surface area contributed by atoms with E-state index < -0.39 is 0 Å². The van der Waals surface area contributed by atoms with E-state index in [1.807, 2.05) is 6.92 Å². The summed E-state index contributed by atoms with van der Waals surface area (Å²) in [6.45, 7) is 6.76. The number of piperidine rings is 1. The molecule has 1 N–H and O–H groups in total. The Hall–Kier alpha value is -0.520. The van der Waals surface area contributed by atoms with E-state index in [0.717, 1.165) is 13.1 Å². The monoisotopic (exact) mass is 167 g/mol. The fourth-order valence-corrected chi connectivity index (χ4v) is 1.41. The highest BCUT2D eigenvalue weighted by atomic mass is 16.5. The van der Waals surface area contributed by atoms with Crippen molar-refractivity contribution in [3.8, 4) is 11.8 Å². The van der Waals surface area contributed by atoms with Gasteiger partial charge in [-0.1, -0.05) is 12.8 Å². The van der Waals surface area contributed by atoms with Gasteiger partial charge in [-0.2, -0.15) is 0 Å². The van der Waals surface area contributed by atoms with Crippen LogP contribution in [0, 0.1) is 17.8 Å². The van der Waals surface area contributed by atoms with Crippen LogP contribution in [0.4, 0.5) is 0 Å². The Labute approximate surface area is 74.7 Å². The summed E-state index contributed by atoms with van der Waals surface area (Å²) >= 11 is 0. The zero-order valence-corrected chi connectivity index (χ0v) is 7.89. The van der Waals surface area contributed by atoms with E-state index in [1.165, 1.54) is 6.42 Å². The van der Waals surface area contributed by atoms with Crippen molar-refractivity contribution in [2.45, 2.75) is 26.4 Å². The lowest BCUT2D eigenvalue weighted by atomic mass is 9.97. The van der Waals surface area contributed by atoms with Crippen molar-refractivity contribution in [2.24, 2.45) is 5.92 Å². The van der Waals surface area contributed by atoms with Gasteiger partial charge in [0.2, 0.25) is 0 Å². The summed E-state index contributed by atoms with van der Waals surface area (Å²) in [7, 11) is 0. The van der Waals surface area contributed by atoms with Gasteiger partial charge < -0.3 is 10.1 Å². The summed E-state index contributed by atoms with van der Waals surface area (Å²) in [5.74, 6) is 6.41. The summed E-state index contributed by atoms with van der Waals surface area (Å²) in [6.07, 6.45) is 1.57. The molecular weight excluding hydrogens is 150 g/mol. The van der Waals surface area contributed by atoms with Gasteiger partial charge in [-0.15, -0.1) is 5.92 Å². The van der Waals surface area contributed by atoms with Crippen LogP contribution in [0.5, 0.6) is 0 Å². The molecule has 1 aliphatic heterocycles. The van der Waals surface area contributed by atoms with Crippen molar-refractivity contribution in [1.82, 2.24) is 5.32 Å². The van der Waals surface area contributed by atoms with Crippen LogP contribution < -0.4 is 5.32 Å². The predicted molar refractivity (Wildman–Crippen MR) is 49.8 cm³/mol. The third-order valence-electron chi connectivity index (χ3n) is 2.30. The molecule has 0 spiro atoms. The highest BCUT2D eigenvalue weighted by Gasteiger charge is 2.20. The molecule has 1 rings (SSSR count). The van der Waals surface area contributed by atoms with Crippen molar-refractivity contribution in [1.29, 1.82) is 0 Å². The Kier molecular flexibility index (Phi) is 4.13. The molecule has 0 bridgehead atoms. The smallest absolute Gasteiger partial charge is 0.108 e. The zero-order chi connectivity index (χ0) is 8.81. The van der Waals surface area contributed by atoms with Crippen LogP contribution >= 0.6 is 0 Å². The molecule has 68 valence electrons. The molecule has 0 radical (unpaired) electrons. The van der Waals surface area contributed by atoms with Crippen molar-refractivity contribution in [2.75, 3.05) is 19.7 Å². The Morgan fingerprint density at radius 1 is 1.58 bits per heavy atom. The topological polar surface area (TPSA) is 21.3 Å². The van der Waals surface area contributed by atoms with E-state index in [4.69, 9.17) is 4.74 Å². The minimum atomic E-state index is 0.361. The molecule has 0 aliphatic carbocycles. The molecular formula is C10H17NO. The van der Waals surface area contributed by atoms with Crippen LogP contribution in [-0.2, 0) is 4.74 Å². The molecule has 2 heteroatoms.